The fourth-order valence-corrected chi connectivity index (χ4v) is 1.35. The van der Waals surface area contributed by atoms with Gasteiger partial charge in [0.2, 0.25) is 0 Å². The van der Waals surface area contributed by atoms with E-state index in [4.69, 9.17) is 5.11 Å². The van der Waals surface area contributed by atoms with Crippen molar-refractivity contribution in [3.8, 4) is 5.75 Å². The number of phenols is 1. The molecular formula is C9H9NO. The molecule has 0 spiro atoms. The van der Waals surface area contributed by atoms with E-state index in [0.29, 0.717) is 5.75 Å². The lowest BCUT2D eigenvalue weighted by Crippen LogP contribution is -1.89. The molecule has 56 valence electrons. The first kappa shape index (κ1) is 6.40. The Kier molecular flexibility index (Phi) is 1.22. The average molecular weight is 147 g/mol. The number of fused-ring (bicyclic) bond motifs is 1. The molecule has 0 aliphatic carbocycles. The van der Waals surface area contributed by atoms with Crippen molar-refractivity contribution < 1.29 is 5.11 Å². The van der Waals surface area contributed by atoms with E-state index in [9.17, 15) is 0 Å². The van der Waals surface area contributed by atoms with Gasteiger partial charge in [0.1, 0.15) is 5.75 Å². The number of benzene rings is 1. The lowest BCUT2D eigenvalue weighted by molar-refractivity contribution is 0.474. The molecule has 2 nitrogen and oxygen atoms in total. The van der Waals surface area contributed by atoms with Crippen LogP contribution in [0.25, 0.3) is 0 Å². The second-order valence-electron chi connectivity index (χ2n) is 2.74. The topological polar surface area (TPSA) is 32.6 Å². The zero-order chi connectivity index (χ0) is 7.84. The summed E-state index contributed by atoms with van der Waals surface area (Å²) in [6.07, 6.45) is 0. The number of phenolic OH excluding ortho intramolecular Hbond substituents is 1. The van der Waals surface area contributed by atoms with Gasteiger partial charge in [-0.25, -0.2) is 0 Å². The minimum atomic E-state index is 0.327. The van der Waals surface area contributed by atoms with E-state index in [2.05, 4.69) is 4.99 Å². The number of hydrogen-bond donors (Lipinski definition) is 1. The summed E-state index contributed by atoms with van der Waals surface area (Å²) < 4.78 is 0. The van der Waals surface area contributed by atoms with Crippen LogP contribution in [0.15, 0.2) is 23.2 Å². The summed E-state index contributed by atoms with van der Waals surface area (Å²) in [5.74, 6) is 0.327. The Bertz CT molecular complexity index is 328. The van der Waals surface area contributed by atoms with Gasteiger partial charge in [0.15, 0.2) is 0 Å². The van der Waals surface area contributed by atoms with Crippen LogP contribution in [0, 0.1) is 0 Å². The second kappa shape index (κ2) is 2.09. The van der Waals surface area contributed by atoms with Crippen molar-refractivity contribution in [2.75, 3.05) is 0 Å². The van der Waals surface area contributed by atoms with Gasteiger partial charge >= 0.3 is 0 Å². The van der Waals surface area contributed by atoms with Crippen molar-refractivity contribution in [1.29, 1.82) is 0 Å². The first-order valence-electron chi connectivity index (χ1n) is 3.61. The summed E-state index contributed by atoms with van der Waals surface area (Å²) in [6, 6.07) is 5.38. The molecule has 0 aromatic heterocycles. The molecule has 2 heteroatoms. The lowest BCUT2D eigenvalue weighted by Gasteiger charge is -1.98. The van der Waals surface area contributed by atoms with E-state index in [1.54, 1.807) is 12.1 Å². The van der Waals surface area contributed by atoms with Crippen LogP contribution in [0.4, 0.5) is 0 Å². The van der Waals surface area contributed by atoms with Gasteiger partial charge < -0.3 is 5.11 Å². The molecule has 0 saturated heterocycles. The van der Waals surface area contributed by atoms with Crippen LogP contribution >= 0.6 is 0 Å². The van der Waals surface area contributed by atoms with Crippen LogP contribution in [0.5, 0.6) is 5.75 Å². The minimum Gasteiger partial charge on any atom is -0.508 e. The monoisotopic (exact) mass is 147 g/mol. The molecule has 0 fully saturated rings. The van der Waals surface area contributed by atoms with Crippen LogP contribution in [-0.4, -0.2) is 10.8 Å². The molecule has 0 radical (unpaired) electrons. The van der Waals surface area contributed by atoms with E-state index in [0.717, 1.165) is 17.8 Å². The molecule has 0 atom stereocenters. The molecule has 1 aromatic carbocycles. The zero-order valence-electron chi connectivity index (χ0n) is 6.33. The van der Waals surface area contributed by atoms with Gasteiger partial charge in [-0.05, 0) is 30.7 Å². The Morgan fingerprint density at radius 2 is 2.27 bits per heavy atom. The molecule has 11 heavy (non-hydrogen) atoms. The summed E-state index contributed by atoms with van der Waals surface area (Å²) in [4.78, 5) is 4.25. The highest BCUT2D eigenvalue weighted by atomic mass is 16.3. The maximum Gasteiger partial charge on any atom is 0.115 e. The maximum absolute atomic E-state index is 9.13. The Balaban J connectivity index is 2.58. The summed E-state index contributed by atoms with van der Waals surface area (Å²) >= 11 is 0. The van der Waals surface area contributed by atoms with Crippen LogP contribution in [0.1, 0.15) is 18.1 Å². The summed E-state index contributed by atoms with van der Waals surface area (Å²) in [7, 11) is 0. The van der Waals surface area contributed by atoms with Crippen molar-refractivity contribution in [2.45, 2.75) is 13.5 Å². The number of nitrogens with zero attached hydrogens (tertiary/aromatic N) is 1. The Morgan fingerprint density at radius 1 is 1.45 bits per heavy atom. The van der Waals surface area contributed by atoms with Crippen LogP contribution in [0.2, 0.25) is 0 Å². The molecule has 1 aromatic rings. The Labute approximate surface area is 65.2 Å². The van der Waals surface area contributed by atoms with Gasteiger partial charge in [-0.15, -0.1) is 0 Å². The van der Waals surface area contributed by atoms with Crippen molar-refractivity contribution >= 4 is 5.71 Å². The zero-order valence-corrected chi connectivity index (χ0v) is 6.33. The molecular weight excluding hydrogens is 138 g/mol. The van der Waals surface area contributed by atoms with Crippen LogP contribution < -0.4 is 0 Å². The summed E-state index contributed by atoms with van der Waals surface area (Å²) in [5.41, 5.74) is 3.37. The molecule has 2 rings (SSSR count). The molecule has 1 N–H and O–H groups in total. The standard InChI is InChI=1S/C9H9NO/c1-6-9-3-2-8(11)4-7(9)5-10-6/h2-4,11H,5H2,1H3. The number of rotatable bonds is 0. The molecule has 0 bridgehead atoms. The molecule has 0 amide bonds. The van der Waals surface area contributed by atoms with Crippen molar-refractivity contribution in [1.82, 2.24) is 0 Å². The number of hydrogen-bond acceptors (Lipinski definition) is 2. The SMILES string of the molecule is CC1=NCc2cc(O)ccc21. The van der Waals surface area contributed by atoms with Crippen molar-refractivity contribution in [3.05, 3.63) is 29.3 Å². The average Bonchev–Trinajstić information content (AvgIpc) is 2.32. The first-order valence-corrected chi connectivity index (χ1v) is 3.61. The predicted octanol–water partition coefficient (Wildman–Crippen LogP) is 1.71. The minimum absolute atomic E-state index is 0.327. The smallest absolute Gasteiger partial charge is 0.115 e. The molecule has 1 aliphatic rings. The van der Waals surface area contributed by atoms with Crippen LogP contribution in [-0.2, 0) is 6.54 Å². The highest BCUT2D eigenvalue weighted by Gasteiger charge is 2.11. The highest BCUT2D eigenvalue weighted by Crippen LogP contribution is 2.22. The molecule has 0 unspecified atom stereocenters. The van der Waals surface area contributed by atoms with Gasteiger partial charge in [0, 0.05) is 11.3 Å². The highest BCUT2D eigenvalue weighted by molar-refractivity contribution is 6.02. The third-order valence-electron chi connectivity index (χ3n) is 1.97. The van der Waals surface area contributed by atoms with Gasteiger partial charge in [0.05, 0.1) is 6.54 Å². The van der Waals surface area contributed by atoms with E-state index < -0.39 is 0 Å². The fourth-order valence-electron chi connectivity index (χ4n) is 1.35. The normalized spacial score (nSPS) is 14.5. The van der Waals surface area contributed by atoms with Crippen molar-refractivity contribution in [3.63, 3.8) is 0 Å². The molecule has 1 aliphatic heterocycles. The van der Waals surface area contributed by atoms with Gasteiger partial charge in [-0.2, -0.15) is 0 Å². The lowest BCUT2D eigenvalue weighted by atomic mass is 10.1. The van der Waals surface area contributed by atoms with E-state index in [1.807, 2.05) is 13.0 Å². The maximum atomic E-state index is 9.13. The van der Waals surface area contributed by atoms with Gasteiger partial charge in [-0.3, -0.25) is 4.99 Å². The third kappa shape index (κ3) is 0.909. The molecule has 1 heterocycles. The van der Waals surface area contributed by atoms with Gasteiger partial charge in [0.25, 0.3) is 0 Å². The quantitative estimate of drug-likeness (QED) is 0.595. The summed E-state index contributed by atoms with van der Waals surface area (Å²) in [6.45, 7) is 2.71. The van der Waals surface area contributed by atoms with E-state index in [1.165, 1.54) is 5.56 Å². The predicted molar refractivity (Wildman–Crippen MR) is 44.0 cm³/mol. The Morgan fingerprint density at radius 3 is 3.09 bits per heavy atom. The first-order chi connectivity index (χ1) is 5.27. The van der Waals surface area contributed by atoms with E-state index >= 15 is 0 Å². The number of aliphatic imine (C=N–C) groups is 1. The number of aromatic hydroxyl groups is 1. The fraction of sp³-hybridized carbons (Fsp3) is 0.222. The largest absolute Gasteiger partial charge is 0.508 e. The van der Waals surface area contributed by atoms with Gasteiger partial charge in [-0.1, -0.05) is 0 Å². The van der Waals surface area contributed by atoms with Crippen LogP contribution in [0.3, 0.4) is 0 Å². The molecule has 0 saturated carbocycles. The van der Waals surface area contributed by atoms with E-state index in [-0.39, 0.29) is 0 Å². The van der Waals surface area contributed by atoms with Crippen molar-refractivity contribution in [2.24, 2.45) is 4.99 Å². The third-order valence-corrected chi connectivity index (χ3v) is 1.97. The Hall–Kier alpha value is -1.31. The summed E-state index contributed by atoms with van der Waals surface area (Å²) in [5, 5.41) is 9.13. The second-order valence-corrected chi connectivity index (χ2v) is 2.74.